The molecule has 0 aliphatic carbocycles. The van der Waals surface area contributed by atoms with E-state index in [1.807, 2.05) is 0 Å². The second-order valence-electron chi connectivity index (χ2n) is 1.61. The third-order valence-electron chi connectivity index (χ3n) is 0.841. The predicted octanol–water partition coefficient (Wildman–Crippen LogP) is -1.69. The smallest absolute Gasteiger partial charge is 0.245 e. The van der Waals surface area contributed by atoms with Crippen LogP contribution in [0.3, 0.4) is 0 Å². The number of carbonyl (C=O) groups excluding carboxylic acids is 1. The van der Waals surface area contributed by atoms with Gasteiger partial charge in [0.2, 0.25) is 5.91 Å². The van der Waals surface area contributed by atoms with Gasteiger partial charge in [-0.3, -0.25) is 4.79 Å². The first-order valence-corrected chi connectivity index (χ1v) is 2.83. The summed E-state index contributed by atoms with van der Waals surface area (Å²) in [6.07, 6.45) is 0. The van der Waals surface area contributed by atoms with Crippen LogP contribution in [0, 0.1) is 0 Å². The van der Waals surface area contributed by atoms with Crippen molar-refractivity contribution in [1.29, 1.82) is 0 Å². The average Bonchev–Trinajstić information content (AvgIpc) is 1.89. The van der Waals surface area contributed by atoms with Crippen molar-refractivity contribution >= 4 is 5.91 Å². The van der Waals surface area contributed by atoms with Crippen molar-refractivity contribution in [3.8, 4) is 0 Å². The molecule has 0 aromatic carbocycles. The molecule has 4 heteroatoms. The van der Waals surface area contributed by atoms with Crippen molar-refractivity contribution in [3.05, 3.63) is 0 Å². The molecular weight excluding hydrogens is 120 g/mol. The lowest BCUT2D eigenvalue weighted by molar-refractivity contribution is -0.123. The maximum Gasteiger partial charge on any atom is 0.245 e. The molecule has 3 N–H and O–H groups in total. The molecule has 0 saturated heterocycles. The Hall–Kier alpha value is -0.610. The summed E-state index contributed by atoms with van der Waals surface area (Å²) in [6, 6.07) is 0. The highest BCUT2D eigenvalue weighted by Crippen LogP contribution is 1.59. The minimum Gasteiger partial charge on any atom is -0.387 e. The Morgan fingerprint density at radius 3 is 2.67 bits per heavy atom. The summed E-state index contributed by atoms with van der Waals surface area (Å²) in [4.78, 5) is 10.3. The molecule has 0 spiro atoms. The lowest BCUT2D eigenvalue weighted by Crippen LogP contribution is -2.32. The number of hydrogen-bond acceptors (Lipinski definition) is 3. The lowest BCUT2D eigenvalue weighted by atomic mass is 10.5. The van der Waals surface area contributed by atoms with Crippen molar-refractivity contribution in [3.63, 3.8) is 0 Å². The number of nitrogens with one attached hydrogen (secondary N) is 2. The molecule has 0 saturated carbocycles. The molecule has 0 atom stereocenters. The molecule has 0 unspecified atom stereocenters. The molecule has 54 valence electrons. The summed E-state index contributed by atoms with van der Waals surface area (Å²) in [5, 5.41) is 13.5. The number of rotatable bonds is 4. The van der Waals surface area contributed by atoms with Crippen LogP contribution in [-0.2, 0) is 4.79 Å². The maximum absolute atomic E-state index is 10.3. The molecule has 0 fully saturated rings. The van der Waals surface area contributed by atoms with E-state index in [2.05, 4.69) is 10.6 Å². The van der Waals surface area contributed by atoms with E-state index in [4.69, 9.17) is 5.11 Å². The summed E-state index contributed by atoms with van der Waals surface area (Å²) < 4.78 is 0. The highest BCUT2D eigenvalue weighted by molar-refractivity contribution is 5.76. The zero-order valence-electron chi connectivity index (χ0n) is 5.48. The monoisotopic (exact) mass is 132 g/mol. The average molecular weight is 132 g/mol. The van der Waals surface area contributed by atoms with Gasteiger partial charge in [-0.25, -0.2) is 0 Å². The molecule has 0 aromatic rings. The number of aliphatic hydroxyl groups excluding tert-OH is 1. The minimum atomic E-state index is -0.427. The van der Waals surface area contributed by atoms with Crippen LogP contribution in [0.1, 0.15) is 0 Å². The first kappa shape index (κ1) is 8.39. The summed E-state index contributed by atoms with van der Waals surface area (Å²) in [5.74, 6) is -0.328. The van der Waals surface area contributed by atoms with Crippen LogP contribution >= 0.6 is 0 Å². The Morgan fingerprint density at radius 1 is 1.56 bits per heavy atom. The first-order valence-electron chi connectivity index (χ1n) is 2.83. The quantitative estimate of drug-likeness (QED) is 0.400. The molecule has 0 bridgehead atoms. The highest BCUT2D eigenvalue weighted by atomic mass is 16.3. The first-order chi connectivity index (χ1) is 4.31. The van der Waals surface area contributed by atoms with Gasteiger partial charge in [-0.05, 0) is 7.05 Å². The van der Waals surface area contributed by atoms with E-state index >= 15 is 0 Å². The molecule has 0 aliphatic rings. The van der Waals surface area contributed by atoms with E-state index in [1.54, 1.807) is 7.05 Å². The SMILES string of the molecule is CNCCNC(=O)CO. The van der Waals surface area contributed by atoms with Gasteiger partial charge in [0, 0.05) is 13.1 Å². The van der Waals surface area contributed by atoms with Crippen molar-refractivity contribution in [1.82, 2.24) is 10.6 Å². The van der Waals surface area contributed by atoms with E-state index in [-0.39, 0.29) is 5.91 Å². The minimum absolute atomic E-state index is 0.328. The number of amides is 1. The van der Waals surface area contributed by atoms with Crippen LogP contribution in [0.4, 0.5) is 0 Å². The molecule has 9 heavy (non-hydrogen) atoms. The second-order valence-corrected chi connectivity index (χ2v) is 1.61. The Kier molecular flexibility index (Phi) is 5.15. The summed E-state index contributed by atoms with van der Waals surface area (Å²) in [6.45, 7) is 0.866. The summed E-state index contributed by atoms with van der Waals surface area (Å²) in [5.41, 5.74) is 0. The molecule has 0 radical (unpaired) electrons. The zero-order valence-corrected chi connectivity index (χ0v) is 5.48. The van der Waals surface area contributed by atoms with Gasteiger partial charge < -0.3 is 15.7 Å². The number of aliphatic hydroxyl groups is 1. The van der Waals surface area contributed by atoms with Gasteiger partial charge >= 0.3 is 0 Å². The normalized spacial score (nSPS) is 9.11. The van der Waals surface area contributed by atoms with Crippen molar-refractivity contribution < 1.29 is 9.90 Å². The fourth-order valence-electron chi connectivity index (χ4n) is 0.383. The van der Waals surface area contributed by atoms with E-state index in [0.29, 0.717) is 6.54 Å². The van der Waals surface area contributed by atoms with Gasteiger partial charge in [-0.15, -0.1) is 0 Å². The molecule has 0 aromatic heterocycles. The van der Waals surface area contributed by atoms with Crippen molar-refractivity contribution in [2.75, 3.05) is 26.7 Å². The fourth-order valence-corrected chi connectivity index (χ4v) is 0.383. The molecule has 0 aliphatic heterocycles. The van der Waals surface area contributed by atoms with Crippen molar-refractivity contribution in [2.45, 2.75) is 0 Å². The van der Waals surface area contributed by atoms with E-state index < -0.39 is 6.61 Å². The fraction of sp³-hybridized carbons (Fsp3) is 0.800. The molecule has 4 nitrogen and oxygen atoms in total. The second kappa shape index (κ2) is 5.53. The molecule has 1 amide bonds. The summed E-state index contributed by atoms with van der Waals surface area (Å²) >= 11 is 0. The van der Waals surface area contributed by atoms with Gasteiger partial charge in [-0.1, -0.05) is 0 Å². The van der Waals surface area contributed by atoms with Crippen LogP contribution in [0.2, 0.25) is 0 Å². The number of hydrogen-bond donors (Lipinski definition) is 3. The van der Waals surface area contributed by atoms with Crippen LogP contribution in [-0.4, -0.2) is 37.8 Å². The Bertz CT molecular complexity index is 85.0. The molecule has 0 heterocycles. The topological polar surface area (TPSA) is 61.4 Å². The zero-order chi connectivity index (χ0) is 7.11. The van der Waals surface area contributed by atoms with E-state index in [0.717, 1.165) is 6.54 Å². The Balaban J connectivity index is 2.97. The predicted molar refractivity (Wildman–Crippen MR) is 34.0 cm³/mol. The van der Waals surface area contributed by atoms with Crippen LogP contribution in [0.15, 0.2) is 0 Å². The van der Waals surface area contributed by atoms with Crippen LogP contribution < -0.4 is 10.6 Å². The Morgan fingerprint density at radius 2 is 2.22 bits per heavy atom. The molecule has 0 rings (SSSR count). The third kappa shape index (κ3) is 5.26. The van der Waals surface area contributed by atoms with Crippen LogP contribution in [0.25, 0.3) is 0 Å². The highest BCUT2D eigenvalue weighted by Gasteiger charge is 1.93. The van der Waals surface area contributed by atoms with Gasteiger partial charge in [0.15, 0.2) is 0 Å². The Labute approximate surface area is 54.3 Å². The lowest BCUT2D eigenvalue weighted by Gasteiger charge is -1.99. The summed E-state index contributed by atoms with van der Waals surface area (Å²) in [7, 11) is 1.80. The standard InChI is InChI=1S/C5H12N2O2/c1-6-2-3-7-5(9)4-8/h6,8H,2-4H2,1H3,(H,7,9). The number of likely N-dealkylation sites (N-methyl/N-ethyl adjacent to an activating group) is 1. The van der Waals surface area contributed by atoms with Gasteiger partial charge in [0.25, 0.3) is 0 Å². The number of carbonyl (C=O) groups is 1. The van der Waals surface area contributed by atoms with E-state index in [9.17, 15) is 4.79 Å². The third-order valence-corrected chi connectivity index (χ3v) is 0.841. The van der Waals surface area contributed by atoms with Gasteiger partial charge in [-0.2, -0.15) is 0 Å². The molecular formula is C5H12N2O2. The largest absolute Gasteiger partial charge is 0.387 e. The van der Waals surface area contributed by atoms with E-state index in [1.165, 1.54) is 0 Å². The van der Waals surface area contributed by atoms with Gasteiger partial charge in [0.1, 0.15) is 6.61 Å². The maximum atomic E-state index is 10.3. The van der Waals surface area contributed by atoms with Crippen molar-refractivity contribution in [2.24, 2.45) is 0 Å². The van der Waals surface area contributed by atoms with Crippen LogP contribution in [0.5, 0.6) is 0 Å². The van der Waals surface area contributed by atoms with Gasteiger partial charge in [0.05, 0.1) is 0 Å².